The summed E-state index contributed by atoms with van der Waals surface area (Å²) >= 11 is 1.74. The molecule has 1 unspecified atom stereocenters. The molecule has 1 aromatic rings. The Balaban J connectivity index is 1.55. The zero-order chi connectivity index (χ0) is 18.2. The van der Waals surface area contributed by atoms with E-state index >= 15 is 0 Å². The van der Waals surface area contributed by atoms with Crippen LogP contribution in [-0.4, -0.2) is 47.6 Å². The van der Waals surface area contributed by atoms with Crippen LogP contribution in [0.5, 0.6) is 0 Å². The first kappa shape index (κ1) is 19.6. The first-order valence-electron chi connectivity index (χ1n) is 10.5. The number of nitrogens with zero attached hydrogens (tertiary/aromatic N) is 3. The molecule has 1 aromatic heterocycles. The van der Waals surface area contributed by atoms with Gasteiger partial charge in [-0.05, 0) is 45.6 Å². The van der Waals surface area contributed by atoms with E-state index in [1.807, 2.05) is 0 Å². The molecule has 2 heterocycles. The Morgan fingerprint density at radius 3 is 2.81 bits per heavy atom. The minimum atomic E-state index is 0.505. The van der Waals surface area contributed by atoms with E-state index in [4.69, 9.17) is 4.99 Å². The number of aryl methyl sites for hydroxylation is 1. The number of aromatic nitrogens is 1. The molecule has 0 bridgehead atoms. The highest BCUT2D eigenvalue weighted by molar-refractivity contribution is 7.09. The van der Waals surface area contributed by atoms with Crippen LogP contribution in [0.4, 0.5) is 0 Å². The van der Waals surface area contributed by atoms with Crippen LogP contribution in [-0.2, 0) is 13.0 Å². The van der Waals surface area contributed by atoms with Gasteiger partial charge in [0.15, 0.2) is 5.96 Å². The van der Waals surface area contributed by atoms with Crippen molar-refractivity contribution in [3.63, 3.8) is 0 Å². The van der Waals surface area contributed by atoms with Gasteiger partial charge >= 0.3 is 0 Å². The molecule has 146 valence electrons. The minimum Gasteiger partial charge on any atom is -0.357 e. The van der Waals surface area contributed by atoms with Crippen LogP contribution < -0.4 is 10.6 Å². The Morgan fingerprint density at radius 1 is 1.23 bits per heavy atom. The molecule has 2 aliphatic rings. The largest absolute Gasteiger partial charge is 0.357 e. The van der Waals surface area contributed by atoms with Crippen LogP contribution in [0.2, 0.25) is 0 Å². The molecule has 3 rings (SSSR count). The molecule has 0 spiro atoms. The molecule has 2 fully saturated rings. The highest BCUT2D eigenvalue weighted by Crippen LogP contribution is 2.25. The monoisotopic (exact) mass is 377 g/mol. The van der Waals surface area contributed by atoms with Gasteiger partial charge in [0.1, 0.15) is 0 Å². The van der Waals surface area contributed by atoms with Gasteiger partial charge in [0.25, 0.3) is 0 Å². The average Bonchev–Trinajstić information content (AvgIpc) is 3.15. The standard InChI is InChI=1S/C20H35N5S/c1-3-19-23-17(15-26-19)13-22-20(21-4-2)24-16-9-8-12-25(14-16)18-10-6-5-7-11-18/h15-16,18H,3-14H2,1-2H3,(H2,21,22,24). The number of hydrogen-bond acceptors (Lipinski definition) is 4. The Hall–Kier alpha value is -1.14. The summed E-state index contributed by atoms with van der Waals surface area (Å²) in [4.78, 5) is 12.1. The fourth-order valence-electron chi connectivity index (χ4n) is 4.16. The second-order valence-corrected chi connectivity index (χ2v) is 8.49. The van der Waals surface area contributed by atoms with E-state index in [1.54, 1.807) is 11.3 Å². The Kier molecular flexibility index (Phi) is 7.74. The lowest BCUT2D eigenvalue weighted by Gasteiger charge is -2.40. The number of nitrogens with one attached hydrogen (secondary N) is 2. The number of guanidine groups is 1. The van der Waals surface area contributed by atoms with Crippen LogP contribution >= 0.6 is 11.3 Å². The van der Waals surface area contributed by atoms with Gasteiger partial charge in [-0.1, -0.05) is 26.2 Å². The third-order valence-electron chi connectivity index (χ3n) is 5.53. The van der Waals surface area contributed by atoms with E-state index in [0.717, 1.165) is 37.2 Å². The smallest absolute Gasteiger partial charge is 0.191 e. The Bertz CT molecular complexity index is 564. The fourth-order valence-corrected chi connectivity index (χ4v) is 4.90. The van der Waals surface area contributed by atoms with Crippen molar-refractivity contribution in [3.8, 4) is 0 Å². The van der Waals surface area contributed by atoms with E-state index < -0.39 is 0 Å². The maximum Gasteiger partial charge on any atom is 0.191 e. The summed E-state index contributed by atoms with van der Waals surface area (Å²) in [6.45, 7) is 8.26. The minimum absolute atomic E-state index is 0.505. The van der Waals surface area contributed by atoms with Gasteiger partial charge in [-0.2, -0.15) is 0 Å². The van der Waals surface area contributed by atoms with Crippen molar-refractivity contribution >= 4 is 17.3 Å². The van der Waals surface area contributed by atoms with E-state index in [2.05, 4.69) is 39.7 Å². The Morgan fingerprint density at radius 2 is 2.08 bits per heavy atom. The van der Waals surface area contributed by atoms with Crippen LogP contribution in [0.15, 0.2) is 10.4 Å². The summed E-state index contributed by atoms with van der Waals surface area (Å²) in [5, 5.41) is 10.4. The highest BCUT2D eigenvalue weighted by Gasteiger charge is 2.27. The van der Waals surface area contributed by atoms with Crippen molar-refractivity contribution in [2.24, 2.45) is 4.99 Å². The Labute approximate surface area is 162 Å². The van der Waals surface area contributed by atoms with E-state index in [0.29, 0.717) is 12.6 Å². The predicted octanol–water partition coefficient (Wildman–Crippen LogP) is 3.56. The summed E-state index contributed by atoms with van der Waals surface area (Å²) in [5.74, 6) is 0.939. The van der Waals surface area contributed by atoms with Gasteiger partial charge in [-0.15, -0.1) is 11.3 Å². The number of aliphatic imine (C=N–C) groups is 1. The summed E-state index contributed by atoms with van der Waals surface area (Å²) in [6, 6.07) is 1.32. The van der Waals surface area contributed by atoms with Crippen molar-refractivity contribution in [3.05, 3.63) is 16.1 Å². The zero-order valence-electron chi connectivity index (χ0n) is 16.5. The molecule has 1 saturated carbocycles. The third kappa shape index (κ3) is 5.68. The second kappa shape index (κ2) is 10.3. The second-order valence-electron chi connectivity index (χ2n) is 7.55. The average molecular weight is 378 g/mol. The van der Waals surface area contributed by atoms with E-state index in [1.165, 1.54) is 56.5 Å². The molecule has 0 radical (unpaired) electrons. The van der Waals surface area contributed by atoms with Crippen molar-refractivity contribution in [2.45, 2.75) is 83.8 Å². The molecule has 0 aromatic carbocycles. The lowest BCUT2D eigenvalue weighted by atomic mass is 9.92. The molecule has 1 aliphatic carbocycles. The molecule has 2 N–H and O–H groups in total. The summed E-state index contributed by atoms with van der Waals surface area (Å²) in [5.41, 5.74) is 1.08. The molecule has 26 heavy (non-hydrogen) atoms. The van der Waals surface area contributed by atoms with Crippen LogP contribution in [0, 0.1) is 0 Å². The maximum atomic E-state index is 4.78. The topological polar surface area (TPSA) is 52.6 Å². The number of likely N-dealkylation sites (tertiary alicyclic amines) is 1. The molecule has 0 amide bonds. The lowest BCUT2D eigenvalue weighted by Crippen LogP contribution is -2.53. The van der Waals surface area contributed by atoms with E-state index in [-0.39, 0.29) is 0 Å². The number of hydrogen-bond donors (Lipinski definition) is 2. The molecule has 1 atom stereocenters. The highest BCUT2D eigenvalue weighted by atomic mass is 32.1. The van der Waals surface area contributed by atoms with Gasteiger partial charge in [-0.25, -0.2) is 9.98 Å². The first-order chi connectivity index (χ1) is 12.8. The van der Waals surface area contributed by atoms with Gasteiger partial charge < -0.3 is 10.6 Å². The van der Waals surface area contributed by atoms with Crippen LogP contribution in [0.3, 0.4) is 0 Å². The molecular weight excluding hydrogens is 342 g/mol. The zero-order valence-corrected chi connectivity index (χ0v) is 17.3. The van der Waals surface area contributed by atoms with Gasteiger partial charge in [0.2, 0.25) is 0 Å². The van der Waals surface area contributed by atoms with Crippen molar-refractivity contribution < 1.29 is 0 Å². The first-order valence-corrected chi connectivity index (χ1v) is 11.4. The summed E-state index contributed by atoms with van der Waals surface area (Å²) in [7, 11) is 0. The third-order valence-corrected chi connectivity index (χ3v) is 6.57. The normalized spacial score (nSPS) is 23.2. The SMILES string of the molecule is CCNC(=NCc1csc(CC)n1)NC1CCCN(C2CCCCC2)C1. The number of rotatable bonds is 6. The van der Waals surface area contributed by atoms with Gasteiger partial charge in [0, 0.05) is 30.6 Å². The predicted molar refractivity (Wildman–Crippen MR) is 111 cm³/mol. The van der Waals surface area contributed by atoms with Crippen LogP contribution in [0.1, 0.15) is 69.5 Å². The molecule has 1 aliphatic heterocycles. The maximum absolute atomic E-state index is 4.78. The quantitative estimate of drug-likeness (QED) is 0.588. The molecule has 6 heteroatoms. The van der Waals surface area contributed by atoms with Gasteiger partial charge in [0.05, 0.1) is 17.2 Å². The fraction of sp³-hybridized carbons (Fsp3) is 0.800. The molecule has 5 nitrogen and oxygen atoms in total. The van der Waals surface area contributed by atoms with Crippen molar-refractivity contribution in [1.29, 1.82) is 0 Å². The van der Waals surface area contributed by atoms with E-state index in [9.17, 15) is 0 Å². The lowest BCUT2D eigenvalue weighted by molar-refractivity contribution is 0.115. The summed E-state index contributed by atoms with van der Waals surface area (Å²) in [6.07, 6.45) is 10.6. The van der Waals surface area contributed by atoms with Gasteiger partial charge in [-0.3, -0.25) is 4.90 Å². The summed E-state index contributed by atoms with van der Waals surface area (Å²) < 4.78 is 0. The van der Waals surface area contributed by atoms with Crippen molar-refractivity contribution in [1.82, 2.24) is 20.5 Å². The van der Waals surface area contributed by atoms with Crippen LogP contribution in [0.25, 0.3) is 0 Å². The van der Waals surface area contributed by atoms with Crippen molar-refractivity contribution in [2.75, 3.05) is 19.6 Å². The molecule has 1 saturated heterocycles. The number of piperidine rings is 1. The molecular formula is C20H35N5S. The number of thiazole rings is 1.